The maximum absolute atomic E-state index is 13.7. The predicted octanol–water partition coefficient (Wildman–Crippen LogP) is 2.59. The molecule has 8 nitrogen and oxygen atoms in total. The number of esters is 1. The minimum absolute atomic E-state index is 0.184. The average Bonchev–Trinajstić information content (AvgIpc) is 3.42. The van der Waals surface area contributed by atoms with Gasteiger partial charge >= 0.3 is 5.97 Å². The van der Waals surface area contributed by atoms with Crippen molar-refractivity contribution in [3.05, 3.63) is 84.5 Å². The molecule has 2 aromatic carbocycles. The van der Waals surface area contributed by atoms with E-state index >= 15 is 0 Å². The number of benzene rings is 2. The van der Waals surface area contributed by atoms with Crippen molar-refractivity contribution in [2.24, 2.45) is 4.99 Å². The first kappa shape index (κ1) is 22.9. The van der Waals surface area contributed by atoms with Crippen LogP contribution in [0.1, 0.15) is 31.0 Å². The van der Waals surface area contributed by atoms with E-state index in [2.05, 4.69) is 4.99 Å². The smallest absolute Gasteiger partial charge is 0.338 e. The van der Waals surface area contributed by atoms with Gasteiger partial charge in [-0.3, -0.25) is 9.36 Å². The van der Waals surface area contributed by atoms with Crippen molar-refractivity contribution in [1.82, 2.24) is 4.57 Å². The number of thiazole rings is 1. The molecule has 3 heterocycles. The van der Waals surface area contributed by atoms with Crippen LogP contribution in [0.5, 0.6) is 11.5 Å². The Hall–Kier alpha value is -3.85. The number of ether oxygens (including phenoxy) is 3. The monoisotopic (exact) mass is 491 g/mol. The summed E-state index contributed by atoms with van der Waals surface area (Å²) in [7, 11) is 3.92. The lowest BCUT2D eigenvalue weighted by atomic mass is 9.95. The van der Waals surface area contributed by atoms with Gasteiger partial charge in [0.2, 0.25) is 6.79 Å². The largest absolute Gasteiger partial charge is 0.463 e. The summed E-state index contributed by atoms with van der Waals surface area (Å²) < 4.78 is 18.3. The highest BCUT2D eigenvalue weighted by Gasteiger charge is 2.33. The van der Waals surface area contributed by atoms with Crippen molar-refractivity contribution >= 4 is 29.1 Å². The molecule has 0 bridgehead atoms. The number of fused-ring (bicyclic) bond motifs is 2. The van der Waals surface area contributed by atoms with Crippen molar-refractivity contribution in [2.75, 3.05) is 32.4 Å². The van der Waals surface area contributed by atoms with Gasteiger partial charge in [0, 0.05) is 19.8 Å². The first-order chi connectivity index (χ1) is 16.9. The van der Waals surface area contributed by atoms with Crippen LogP contribution in [0.3, 0.4) is 0 Å². The highest BCUT2D eigenvalue weighted by Crippen LogP contribution is 2.33. The molecule has 1 aromatic heterocycles. The topological polar surface area (TPSA) is 82.4 Å². The van der Waals surface area contributed by atoms with Crippen LogP contribution in [-0.2, 0) is 9.53 Å². The summed E-state index contributed by atoms with van der Waals surface area (Å²) in [4.78, 5) is 33.8. The second kappa shape index (κ2) is 9.07. The number of carbonyl (C=O) groups is 1. The summed E-state index contributed by atoms with van der Waals surface area (Å²) in [6, 6.07) is 12.7. The van der Waals surface area contributed by atoms with E-state index in [-0.39, 0.29) is 19.0 Å². The molecule has 0 aliphatic carbocycles. The Morgan fingerprint density at radius 3 is 2.66 bits per heavy atom. The van der Waals surface area contributed by atoms with Crippen LogP contribution in [-0.4, -0.2) is 38.0 Å². The summed E-state index contributed by atoms with van der Waals surface area (Å²) in [5.74, 6) is 0.853. The van der Waals surface area contributed by atoms with E-state index in [0.717, 1.165) is 16.8 Å². The summed E-state index contributed by atoms with van der Waals surface area (Å²) in [6.45, 7) is 3.96. The standard InChI is InChI=1S/C26H25N3O5S/c1-5-32-25(31)22-15(2)27-26-29(23(22)17-7-9-18(10-8-17)28(3)4)24(30)21(35-26)13-16-6-11-19-20(12-16)34-14-33-19/h6-13,23H,5,14H2,1-4H3. The molecular weight excluding hydrogens is 466 g/mol. The minimum atomic E-state index is -0.639. The first-order valence-corrected chi connectivity index (χ1v) is 12.1. The van der Waals surface area contributed by atoms with Gasteiger partial charge < -0.3 is 19.1 Å². The molecule has 9 heteroatoms. The predicted molar refractivity (Wildman–Crippen MR) is 134 cm³/mol. The van der Waals surface area contributed by atoms with E-state index in [1.165, 1.54) is 11.3 Å². The zero-order valence-corrected chi connectivity index (χ0v) is 20.7. The van der Waals surface area contributed by atoms with E-state index in [9.17, 15) is 9.59 Å². The van der Waals surface area contributed by atoms with Crippen LogP contribution < -0.4 is 29.3 Å². The van der Waals surface area contributed by atoms with Crippen LogP contribution in [0.2, 0.25) is 0 Å². The minimum Gasteiger partial charge on any atom is -0.463 e. The number of hydrogen-bond donors (Lipinski definition) is 0. The third-order valence-corrected chi connectivity index (χ3v) is 6.92. The first-order valence-electron chi connectivity index (χ1n) is 11.2. The maximum Gasteiger partial charge on any atom is 0.338 e. The summed E-state index contributed by atoms with van der Waals surface area (Å²) in [5.41, 5.74) is 3.33. The molecule has 2 aliphatic heterocycles. The Kier molecular flexibility index (Phi) is 5.94. The third-order valence-electron chi connectivity index (χ3n) is 5.94. The lowest BCUT2D eigenvalue weighted by Crippen LogP contribution is -2.39. The number of nitrogens with zero attached hydrogens (tertiary/aromatic N) is 3. The van der Waals surface area contributed by atoms with Gasteiger partial charge in [-0.2, -0.15) is 0 Å². The molecule has 5 rings (SSSR count). The van der Waals surface area contributed by atoms with E-state index in [1.807, 2.05) is 61.5 Å². The van der Waals surface area contributed by atoms with Gasteiger partial charge in [0.15, 0.2) is 16.3 Å². The van der Waals surface area contributed by atoms with Crippen LogP contribution in [0.25, 0.3) is 6.08 Å². The average molecular weight is 492 g/mol. The molecule has 180 valence electrons. The molecule has 0 saturated heterocycles. The Bertz CT molecular complexity index is 1520. The second-order valence-corrected chi connectivity index (χ2v) is 9.41. The highest BCUT2D eigenvalue weighted by molar-refractivity contribution is 7.07. The summed E-state index contributed by atoms with van der Waals surface area (Å²) in [5, 5.41) is 0. The summed E-state index contributed by atoms with van der Waals surface area (Å²) >= 11 is 1.29. The fourth-order valence-corrected chi connectivity index (χ4v) is 5.26. The molecule has 2 aliphatic rings. The van der Waals surface area contributed by atoms with Gasteiger partial charge in [-0.25, -0.2) is 9.79 Å². The zero-order chi connectivity index (χ0) is 24.7. The summed E-state index contributed by atoms with van der Waals surface area (Å²) in [6.07, 6.45) is 1.81. The van der Waals surface area contributed by atoms with Crippen molar-refractivity contribution in [1.29, 1.82) is 0 Å². The Balaban J connectivity index is 1.67. The van der Waals surface area contributed by atoms with Crippen molar-refractivity contribution in [2.45, 2.75) is 19.9 Å². The Morgan fingerprint density at radius 1 is 1.20 bits per heavy atom. The highest BCUT2D eigenvalue weighted by atomic mass is 32.1. The Morgan fingerprint density at radius 2 is 1.94 bits per heavy atom. The normalized spacial score (nSPS) is 16.7. The molecule has 35 heavy (non-hydrogen) atoms. The molecule has 1 unspecified atom stereocenters. The number of anilines is 1. The second-order valence-electron chi connectivity index (χ2n) is 8.40. The van der Waals surface area contributed by atoms with Crippen LogP contribution >= 0.6 is 11.3 Å². The van der Waals surface area contributed by atoms with Gasteiger partial charge in [-0.05, 0) is 55.3 Å². The number of rotatable bonds is 5. The maximum atomic E-state index is 13.7. The van der Waals surface area contributed by atoms with Gasteiger partial charge in [-0.1, -0.05) is 29.5 Å². The van der Waals surface area contributed by atoms with Crippen molar-refractivity contribution in [3.8, 4) is 11.5 Å². The van der Waals surface area contributed by atoms with Crippen LogP contribution in [0.15, 0.2) is 63.5 Å². The molecule has 0 amide bonds. The van der Waals surface area contributed by atoms with Crippen LogP contribution in [0, 0.1) is 0 Å². The van der Waals surface area contributed by atoms with Crippen LogP contribution in [0.4, 0.5) is 5.69 Å². The van der Waals surface area contributed by atoms with E-state index in [1.54, 1.807) is 24.5 Å². The molecule has 0 spiro atoms. The lowest BCUT2D eigenvalue weighted by molar-refractivity contribution is -0.139. The zero-order valence-electron chi connectivity index (χ0n) is 19.9. The van der Waals surface area contributed by atoms with Crippen molar-refractivity contribution < 1.29 is 19.0 Å². The molecule has 0 fully saturated rings. The van der Waals surface area contributed by atoms with Gasteiger partial charge in [0.05, 0.1) is 28.5 Å². The lowest BCUT2D eigenvalue weighted by Gasteiger charge is -2.25. The van der Waals surface area contributed by atoms with E-state index < -0.39 is 12.0 Å². The number of aromatic nitrogens is 1. The Labute approximate surface area is 206 Å². The molecule has 3 aromatic rings. The van der Waals surface area contributed by atoms with Gasteiger partial charge in [0.1, 0.15) is 0 Å². The van der Waals surface area contributed by atoms with E-state index in [4.69, 9.17) is 14.2 Å². The quantitative estimate of drug-likeness (QED) is 0.511. The number of carbonyl (C=O) groups excluding carboxylic acids is 1. The fraction of sp³-hybridized carbons (Fsp3) is 0.269. The number of hydrogen-bond acceptors (Lipinski definition) is 8. The SMILES string of the molecule is CCOC(=O)C1=C(C)N=c2sc(=Cc3ccc4c(c3)OCO4)c(=O)n2C1c1ccc(N(C)C)cc1. The third kappa shape index (κ3) is 4.12. The van der Waals surface area contributed by atoms with Crippen molar-refractivity contribution in [3.63, 3.8) is 0 Å². The fourth-order valence-electron chi connectivity index (χ4n) is 4.22. The molecule has 0 radical (unpaired) electrons. The molecular formula is C26H25N3O5S. The van der Waals surface area contributed by atoms with E-state index in [0.29, 0.717) is 32.1 Å². The van der Waals surface area contributed by atoms with Gasteiger partial charge in [-0.15, -0.1) is 0 Å². The molecule has 0 N–H and O–H groups in total. The molecule has 1 atom stereocenters. The molecule has 0 saturated carbocycles. The number of allylic oxidation sites excluding steroid dienone is 1. The van der Waals surface area contributed by atoms with Gasteiger partial charge in [0.25, 0.3) is 5.56 Å².